The maximum Gasteiger partial charge on any atom is 0.185 e. The molecule has 3 nitrogen and oxygen atoms in total. The fraction of sp³-hybridized carbons (Fsp3) is 0.700. The number of aryl methyl sites for hydroxylation is 1. The van der Waals surface area contributed by atoms with Crippen LogP contribution in [0.4, 0.5) is 5.13 Å². The van der Waals surface area contributed by atoms with E-state index in [1.807, 2.05) is 11.9 Å². The van der Waals surface area contributed by atoms with Crippen LogP contribution in [0, 0.1) is 0 Å². The van der Waals surface area contributed by atoms with Crippen molar-refractivity contribution in [1.29, 1.82) is 0 Å². The first-order chi connectivity index (χ1) is 6.42. The standard InChI is InChI=1S/C10H18N2OS/c1-5-8-6-14-9(11-8)12(4)7-10(2,3)13/h6,13H,5,7H2,1-4H3. The van der Waals surface area contributed by atoms with Crippen molar-refractivity contribution >= 4 is 16.5 Å². The molecule has 1 N–H and O–H groups in total. The van der Waals surface area contributed by atoms with Crippen molar-refractivity contribution < 1.29 is 5.11 Å². The van der Waals surface area contributed by atoms with Crippen molar-refractivity contribution in [1.82, 2.24) is 4.98 Å². The first-order valence-corrected chi connectivity index (χ1v) is 5.68. The predicted molar refractivity (Wildman–Crippen MR) is 61.1 cm³/mol. The third-order valence-electron chi connectivity index (χ3n) is 1.85. The fourth-order valence-electron chi connectivity index (χ4n) is 1.28. The summed E-state index contributed by atoms with van der Waals surface area (Å²) in [6, 6.07) is 0. The van der Waals surface area contributed by atoms with Crippen LogP contribution in [-0.4, -0.2) is 29.3 Å². The quantitative estimate of drug-likeness (QED) is 0.832. The van der Waals surface area contributed by atoms with Crippen molar-refractivity contribution in [3.63, 3.8) is 0 Å². The van der Waals surface area contributed by atoms with Gasteiger partial charge in [-0.05, 0) is 20.3 Å². The van der Waals surface area contributed by atoms with Crippen LogP contribution in [0.1, 0.15) is 26.5 Å². The second kappa shape index (κ2) is 4.28. The molecular formula is C10H18N2OS. The van der Waals surface area contributed by atoms with Crippen LogP contribution < -0.4 is 4.90 Å². The molecule has 0 spiro atoms. The Hall–Kier alpha value is -0.610. The van der Waals surface area contributed by atoms with Gasteiger partial charge in [0.15, 0.2) is 5.13 Å². The van der Waals surface area contributed by atoms with Gasteiger partial charge in [0.2, 0.25) is 0 Å². The SMILES string of the molecule is CCc1csc(N(C)CC(C)(C)O)n1. The first-order valence-electron chi connectivity index (χ1n) is 4.80. The molecule has 0 amide bonds. The summed E-state index contributed by atoms with van der Waals surface area (Å²) in [6.07, 6.45) is 0.965. The van der Waals surface area contributed by atoms with Crippen molar-refractivity contribution in [3.8, 4) is 0 Å². The van der Waals surface area contributed by atoms with E-state index in [0.717, 1.165) is 17.2 Å². The van der Waals surface area contributed by atoms with Gasteiger partial charge in [-0.1, -0.05) is 6.92 Å². The normalized spacial score (nSPS) is 11.8. The highest BCUT2D eigenvalue weighted by Gasteiger charge is 2.17. The molecule has 0 saturated heterocycles. The Labute approximate surface area is 89.4 Å². The number of hydrogen-bond acceptors (Lipinski definition) is 4. The lowest BCUT2D eigenvalue weighted by atomic mass is 10.1. The van der Waals surface area contributed by atoms with E-state index in [9.17, 15) is 5.11 Å². The summed E-state index contributed by atoms with van der Waals surface area (Å²) in [5.41, 5.74) is 0.444. The monoisotopic (exact) mass is 214 g/mol. The second-order valence-corrected chi connectivity index (χ2v) is 4.98. The largest absolute Gasteiger partial charge is 0.389 e. The molecule has 0 aliphatic heterocycles. The van der Waals surface area contributed by atoms with Gasteiger partial charge in [0.25, 0.3) is 0 Å². The number of aromatic nitrogens is 1. The van der Waals surface area contributed by atoms with Gasteiger partial charge >= 0.3 is 0 Å². The summed E-state index contributed by atoms with van der Waals surface area (Å²) in [6.45, 7) is 6.30. The molecule has 1 heterocycles. The molecule has 0 radical (unpaired) electrons. The van der Waals surface area contributed by atoms with Crippen LogP contribution >= 0.6 is 11.3 Å². The third-order valence-corrected chi connectivity index (χ3v) is 2.86. The zero-order valence-corrected chi connectivity index (χ0v) is 10.1. The van der Waals surface area contributed by atoms with Crippen LogP contribution in [0.2, 0.25) is 0 Å². The highest BCUT2D eigenvalue weighted by Crippen LogP contribution is 2.20. The average Bonchev–Trinajstić information content (AvgIpc) is 2.48. The van der Waals surface area contributed by atoms with Crippen molar-refractivity contribution in [2.45, 2.75) is 32.8 Å². The Balaban J connectivity index is 2.65. The number of anilines is 1. The lowest BCUT2D eigenvalue weighted by Gasteiger charge is -2.24. The van der Waals surface area contributed by atoms with E-state index in [1.54, 1.807) is 25.2 Å². The molecule has 0 unspecified atom stereocenters. The van der Waals surface area contributed by atoms with E-state index in [0.29, 0.717) is 6.54 Å². The Morgan fingerprint density at radius 3 is 2.64 bits per heavy atom. The van der Waals surface area contributed by atoms with Crippen molar-refractivity contribution in [3.05, 3.63) is 11.1 Å². The zero-order chi connectivity index (χ0) is 10.8. The predicted octanol–water partition coefficient (Wildman–Crippen LogP) is 1.91. The van der Waals surface area contributed by atoms with Gasteiger partial charge in [-0.3, -0.25) is 0 Å². The highest BCUT2D eigenvalue weighted by molar-refractivity contribution is 7.13. The summed E-state index contributed by atoms with van der Waals surface area (Å²) in [5.74, 6) is 0. The summed E-state index contributed by atoms with van der Waals surface area (Å²) >= 11 is 1.63. The van der Waals surface area contributed by atoms with Crippen LogP contribution in [-0.2, 0) is 6.42 Å². The van der Waals surface area contributed by atoms with E-state index >= 15 is 0 Å². The van der Waals surface area contributed by atoms with Crippen LogP contribution in [0.5, 0.6) is 0 Å². The van der Waals surface area contributed by atoms with Gasteiger partial charge in [0.1, 0.15) is 0 Å². The number of aliphatic hydroxyl groups is 1. The minimum absolute atomic E-state index is 0.601. The minimum atomic E-state index is -0.674. The maximum atomic E-state index is 9.65. The van der Waals surface area contributed by atoms with Crippen LogP contribution in [0.25, 0.3) is 0 Å². The molecule has 1 aromatic heterocycles. The number of nitrogens with zero attached hydrogens (tertiary/aromatic N) is 2. The van der Waals surface area contributed by atoms with Gasteiger partial charge in [-0.15, -0.1) is 11.3 Å². The number of thiazole rings is 1. The fourth-order valence-corrected chi connectivity index (χ4v) is 2.16. The van der Waals surface area contributed by atoms with Crippen molar-refractivity contribution in [2.75, 3.05) is 18.5 Å². The molecule has 0 aliphatic rings. The average molecular weight is 214 g/mol. The van der Waals surface area contributed by atoms with Crippen molar-refractivity contribution in [2.24, 2.45) is 0 Å². The molecule has 0 bridgehead atoms. The van der Waals surface area contributed by atoms with Gasteiger partial charge in [0.05, 0.1) is 11.3 Å². The smallest absolute Gasteiger partial charge is 0.185 e. The van der Waals surface area contributed by atoms with E-state index < -0.39 is 5.60 Å². The van der Waals surface area contributed by atoms with E-state index in [2.05, 4.69) is 17.3 Å². The highest BCUT2D eigenvalue weighted by atomic mass is 32.1. The molecule has 0 aromatic carbocycles. The number of rotatable bonds is 4. The molecule has 1 rings (SSSR count). The number of hydrogen-bond donors (Lipinski definition) is 1. The van der Waals surface area contributed by atoms with E-state index in [1.165, 1.54) is 0 Å². The lowest BCUT2D eigenvalue weighted by Crippen LogP contribution is -2.36. The van der Waals surface area contributed by atoms with Gasteiger partial charge in [0, 0.05) is 19.0 Å². The minimum Gasteiger partial charge on any atom is -0.389 e. The van der Waals surface area contributed by atoms with Gasteiger partial charge in [-0.25, -0.2) is 4.98 Å². The number of likely N-dealkylation sites (N-methyl/N-ethyl adjacent to an activating group) is 1. The van der Waals surface area contributed by atoms with Gasteiger partial charge in [-0.2, -0.15) is 0 Å². The molecule has 14 heavy (non-hydrogen) atoms. The second-order valence-electron chi connectivity index (χ2n) is 4.14. The Morgan fingerprint density at radius 1 is 1.57 bits per heavy atom. The molecule has 1 aromatic rings. The molecular weight excluding hydrogens is 196 g/mol. The molecule has 0 saturated carbocycles. The summed E-state index contributed by atoms with van der Waals surface area (Å²) in [4.78, 5) is 6.44. The molecule has 0 atom stereocenters. The topological polar surface area (TPSA) is 36.4 Å². The molecule has 80 valence electrons. The molecule has 0 aliphatic carbocycles. The van der Waals surface area contributed by atoms with E-state index in [4.69, 9.17) is 0 Å². The Morgan fingerprint density at radius 2 is 2.21 bits per heavy atom. The summed E-state index contributed by atoms with van der Waals surface area (Å²) < 4.78 is 0. The molecule has 0 fully saturated rings. The Kier molecular flexibility index (Phi) is 3.50. The lowest BCUT2D eigenvalue weighted by molar-refractivity contribution is 0.0886. The maximum absolute atomic E-state index is 9.65. The first kappa shape index (κ1) is 11.5. The molecule has 4 heteroatoms. The summed E-state index contributed by atoms with van der Waals surface area (Å²) in [7, 11) is 1.95. The van der Waals surface area contributed by atoms with Crippen LogP contribution in [0.3, 0.4) is 0 Å². The van der Waals surface area contributed by atoms with E-state index in [-0.39, 0.29) is 0 Å². The van der Waals surface area contributed by atoms with Gasteiger partial charge < -0.3 is 10.0 Å². The van der Waals surface area contributed by atoms with Crippen LogP contribution in [0.15, 0.2) is 5.38 Å². The summed E-state index contributed by atoms with van der Waals surface area (Å²) in [5, 5.41) is 12.7. The Bertz CT molecular complexity index is 291. The third kappa shape index (κ3) is 3.27. The zero-order valence-electron chi connectivity index (χ0n) is 9.24.